The minimum absolute atomic E-state index is 0.247. The maximum absolute atomic E-state index is 6.14. The van der Waals surface area contributed by atoms with Crippen molar-refractivity contribution >= 4 is 23.2 Å². The molecule has 0 radical (unpaired) electrons. The molecule has 0 aliphatic carbocycles. The van der Waals surface area contributed by atoms with Crippen molar-refractivity contribution in [2.45, 2.75) is 32.7 Å². The molecule has 0 heterocycles. The van der Waals surface area contributed by atoms with Crippen LogP contribution in [0.1, 0.15) is 36.6 Å². The van der Waals surface area contributed by atoms with Crippen molar-refractivity contribution in [2.75, 3.05) is 6.54 Å². The number of rotatable bonds is 6. The van der Waals surface area contributed by atoms with Crippen LogP contribution in [0.4, 0.5) is 0 Å². The number of halogens is 2. The van der Waals surface area contributed by atoms with Gasteiger partial charge < -0.3 is 5.32 Å². The zero-order valence-corrected chi connectivity index (χ0v) is 14.0. The van der Waals surface area contributed by atoms with Gasteiger partial charge in [0.2, 0.25) is 0 Å². The maximum Gasteiger partial charge on any atom is 0.0595 e. The molecule has 0 aliphatic heterocycles. The first-order valence-electron chi connectivity index (χ1n) is 7.40. The van der Waals surface area contributed by atoms with Gasteiger partial charge in [-0.1, -0.05) is 67.4 Å². The average Bonchev–Trinajstić information content (AvgIpc) is 2.50. The molecule has 0 saturated carbocycles. The van der Waals surface area contributed by atoms with Gasteiger partial charge in [0.1, 0.15) is 0 Å². The van der Waals surface area contributed by atoms with E-state index in [0.29, 0.717) is 10.0 Å². The van der Waals surface area contributed by atoms with Crippen LogP contribution in [0.5, 0.6) is 0 Å². The highest BCUT2D eigenvalue weighted by Crippen LogP contribution is 2.27. The predicted molar refractivity (Wildman–Crippen MR) is 92.4 cm³/mol. The monoisotopic (exact) mass is 321 g/mol. The summed E-state index contributed by atoms with van der Waals surface area (Å²) < 4.78 is 0. The molecule has 1 N–H and O–H groups in total. The molecular weight excluding hydrogens is 301 g/mol. The van der Waals surface area contributed by atoms with Crippen molar-refractivity contribution < 1.29 is 0 Å². The molecule has 2 aromatic carbocycles. The van der Waals surface area contributed by atoms with Gasteiger partial charge in [0.25, 0.3) is 0 Å². The van der Waals surface area contributed by atoms with Crippen LogP contribution in [0.2, 0.25) is 10.0 Å². The Morgan fingerprint density at radius 2 is 1.57 bits per heavy atom. The van der Waals surface area contributed by atoms with Gasteiger partial charge in [0.05, 0.1) is 10.0 Å². The van der Waals surface area contributed by atoms with E-state index in [1.54, 1.807) is 0 Å². The summed E-state index contributed by atoms with van der Waals surface area (Å²) >= 11 is 12.1. The van der Waals surface area contributed by atoms with Crippen LogP contribution in [-0.2, 0) is 12.8 Å². The van der Waals surface area contributed by atoms with Crippen molar-refractivity contribution in [1.29, 1.82) is 0 Å². The zero-order valence-electron chi connectivity index (χ0n) is 12.5. The van der Waals surface area contributed by atoms with Gasteiger partial charge in [0, 0.05) is 6.04 Å². The lowest BCUT2D eigenvalue weighted by Crippen LogP contribution is -2.23. The van der Waals surface area contributed by atoms with Gasteiger partial charge in [-0.3, -0.25) is 0 Å². The standard InChI is InChI=1S/C18H21Cl2N/c1-3-13-5-7-14(8-6-13)11-18(21-4-2)15-9-10-16(19)17(20)12-15/h5-10,12,18,21H,3-4,11H2,1-2H3. The summed E-state index contributed by atoms with van der Waals surface area (Å²) in [4.78, 5) is 0. The Morgan fingerprint density at radius 3 is 2.14 bits per heavy atom. The van der Waals surface area contributed by atoms with Crippen LogP contribution >= 0.6 is 23.2 Å². The molecule has 0 aliphatic rings. The molecule has 0 amide bonds. The third kappa shape index (κ3) is 4.47. The summed E-state index contributed by atoms with van der Waals surface area (Å²) in [5.41, 5.74) is 3.86. The Kier molecular flexibility index (Phi) is 6.10. The Balaban J connectivity index is 2.19. The van der Waals surface area contributed by atoms with Crippen LogP contribution in [0.15, 0.2) is 42.5 Å². The summed E-state index contributed by atoms with van der Waals surface area (Å²) in [6.45, 7) is 5.20. The molecule has 0 spiro atoms. The van der Waals surface area contributed by atoms with Gasteiger partial charge in [-0.15, -0.1) is 0 Å². The third-order valence-electron chi connectivity index (χ3n) is 3.67. The summed E-state index contributed by atoms with van der Waals surface area (Å²) in [7, 11) is 0. The molecule has 1 unspecified atom stereocenters. The van der Waals surface area contributed by atoms with Crippen molar-refractivity contribution in [3.63, 3.8) is 0 Å². The quantitative estimate of drug-likeness (QED) is 0.746. The van der Waals surface area contributed by atoms with Gasteiger partial charge in [0.15, 0.2) is 0 Å². The molecule has 1 nitrogen and oxygen atoms in total. The molecular formula is C18H21Cl2N. The van der Waals surface area contributed by atoms with Crippen LogP contribution < -0.4 is 5.32 Å². The van der Waals surface area contributed by atoms with Crippen LogP contribution in [-0.4, -0.2) is 6.54 Å². The van der Waals surface area contributed by atoms with E-state index in [2.05, 4.69) is 43.4 Å². The summed E-state index contributed by atoms with van der Waals surface area (Å²) in [5.74, 6) is 0. The number of likely N-dealkylation sites (N-methyl/N-ethyl adjacent to an activating group) is 1. The first-order chi connectivity index (χ1) is 10.1. The zero-order chi connectivity index (χ0) is 15.2. The highest BCUT2D eigenvalue weighted by molar-refractivity contribution is 6.42. The lowest BCUT2D eigenvalue weighted by molar-refractivity contribution is 0.550. The lowest BCUT2D eigenvalue weighted by atomic mass is 9.98. The molecule has 0 bridgehead atoms. The highest BCUT2D eigenvalue weighted by atomic mass is 35.5. The molecule has 21 heavy (non-hydrogen) atoms. The highest BCUT2D eigenvalue weighted by Gasteiger charge is 2.12. The first-order valence-corrected chi connectivity index (χ1v) is 8.15. The largest absolute Gasteiger partial charge is 0.310 e. The van der Waals surface area contributed by atoms with Gasteiger partial charge >= 0.3 is 0 Å². The van der Waals surface area contributed by atoms with E-state index in [0.717, 1.165) is 19.4 Å². The number of hydrogen-bond donors (Lipinski definition) is 1. The van der Waals surface area contributed by atoms with Gasteiger partial charge in [-0.05, 0) is 48.2 Å². The minimum atomic E-state index is 0.247. The number of hydrogen-bond acceptors (Lipinski definition) is 1. The van der Waals surface area contributed by atoms with Crippen molar-refractivity contribution in [1.82, 2.24) is 5.32 Å². The number of benzene rings is 2. The molecule has 1 atom stereocenters. The van der Waals surface area contributed by atoms with E-state index in [9.17, 15) is 0 Å². The number of nitrogens with one attached hydrogen (secondary N) is 1. The second-order valence-corrected chi connectivity index (χ2v) is 5.97. The molecule has 0 fully saturated rings. The summed E-state index contributed by atoms with van der Waals surface area (Å²) in [5, 5.41) is 4.73. The summed E-state index contributed by atoms with van der Waals surface area (Å²) in [6.07, 6.45) is 2.01. The second-order valence-electron chi connectivity index (χ2n) is 5.16. The van der Waals surface area contributed by atoms with Crippen molar-refractivity contribution in [3.8, 4) is 0 Å². The smallest absolute Gasteiger partial charge is 0.0595 e. The Labute approximate surface area is 137 Å². The van der Waals surface area contributed by atoms with Crippen molar-refractivity contribution in [2.24, 2.45) is 0 Å². The Morgan fingerprint density at radius 1 is 0.905 bits per heavy atom. The molecule has 0 saturated heterocycles. The Hall–Kier alpha value is -1.02. The first kappa shape index (κ1) is 16.4. The van der Waals surface area contributed by atoms with Crippen LogP contribution in [0.3, 0.4) is 0 Å². The normalized spacial score (nSPS) is 12.4. The van der Waals surface area contributed by atoms with E-state index < -0.39 is 0 Å². The van der Waals surface area contributed by atoms with Crippen LogP contribution in [0, 0.1) is 0 Å². The van der Waals surface area contributed by atoms with E-state index in [4.69, 9.17) is 23.2 Å². The fourth-order valence-corrected chi connectivity index (χ4v) is 2.74. The fraction of sp³-hybridized carbons (Fsp3) is 0.333. The average molecular weight is 322 g/mol. The van der Waals surface area contributed by atoms with E-state index in [1.807, 2.05) is 18.2 Å². The van der Waals surface area contributed by atoms with Crippen LogP contribution in [0.25, 0.3) is 0 Å². The molecule has 3 heteroatoms. The second kappa shape index (κ2) is 7.84. The number of aryl methyl sites for hydroxylation is 1. The minimum Gasteiger partial charge on any atom is -0.310 e. The molecule has 112 valence electrons. The molecule has 2 aromatic rings. The van der Waals surface area contributed by atoms with Gasteiger partial charge in [-0.2, -0.15) is 0 Å². The Bertz CT molecular complexity index is 578. The molecule has 0 aromatic heterocycles. The maximum atomic E-state index is 6.14. The predicted octanol–water partition coefficient (Wildman–Crippen LogP) is 5.45. The third-order valence-corrected chi connectivity index (χ3v) is 4.41. The van der Waals surface area contributed by atoms with Gasteiger partial charge in [-0.25, -0.2) is 0 Å². The summed E-state index contributed by atoms with van der Waals surface area (Å²) in [6, 6.07) is 14.9. The molecule has 2 rings (SSSR count). The van der Waals surface area contributed by atoms with E-state index >= 15 is 0 Å². The van der Waals surface area contributed by atoms with Crippen molar-refractivity contribution in [3.05, 3.63) is 69.2 Å². The lowest BCUT2D eigenvalue weighted by Gasteiger charge is -2.19. The van der Waals surface area contributed by atoms with E-state index in [1.165, 1.54) is 16.7 Å². The SMILES string of the molecule is CCNC(Cc1ccc(CC)cc1)c1ccc(Cl)c(Cl)c1. The topological polar surface area (TPSA) is 12.0 Å². The van der Waals surface area contributed by atoms with E-state index in [-0.39, 0.29) is 6.04 Å². The fourth-order valence-electron chi connectivity index (χ4n) is 2.43.